The fourth-order valence-corrected chi connectivity index (χ4v) is 6.04. The molecule has 0 aliphatic carbocycles. The molecule has 3 heterocycles. The second kappa shape index (κ2) is 11.5. The molecule has 2 amide bonds. The van der Waals surface area contributed by atoms with Crippen LogP contribution < -0.4 is 15.4 Å². The standard InChI is InChI=1S/C30H35N3O3S/c1-20-8-9-25(36-24-12-14-31-15-13-24)18-27(20)30(35)32-21(2)22-5-3-6-23(17-22)28-11-10-26(37-28)19-33-16-4-7-29(33)34/h3,5-6,8-11,17-18,21,24,31H,4,7,12-16,19H2,1-2H3,(H,32,35)/t21-/m1/s1. The molecule has 0 bridgehead atoms. The predicted octanol–water partition coefficient (Wildman–Crippen LogP) is 5.47. The summed E-state index contributed by atoms with van der Waals surface area (Å²) in [5.41, 5.74) is 3.75. The first-order valence-electron chi connectivity index (χ1n) is 13.2. The number of thiophene rings is 1. The first kappa shape index (κ1) is 25.5. The minimum absolute atomic E-state index is 0.0974. The lowest BCUT2D eigenvalue weighted by Crippen LogP contribution is -2.34. The molecule has 2 saturated heterocycles. The third-order valence-corrected chi connectivity index (χ3v) is 8.36. The molecule has 7 heteroatoms. The highest BCUT2D eigenvalue weighted by Gasteiger charge is 2.21. The number of hydrogen-bond donors (Lipinski definition) is 2. The van der Waals surface area contributed by atoms with Crippen LogP contribution in [0, 0.1) is 6.92 Å². The molecular weight excluding hydrogens is 482 g/mol. The second-order valence-electron chi connectivity index (χ2n) is 10.0. The van der Waals surface area contributed by atoms with Crippen LogP contribution in [0.15, 0.2) is 54.6 Å². The Morgan fingerprint density at radius 2 is 2.00 bits per heavy atom. The van der Waals surface area contributed by atoms with Gasteiger partial charge in [0, 0.05) is 28.3 Å². The van der Waals surface area contributed by atoms with Crippen molar-refractivity contribution >= 4 is 23.2 Å². The molecule has 2 N–H and O–H groups in total. The number of nitrogens with one attached hydrogen (secondary N) is 2. The number of likely N-dealkylation sites (tertiary alicyclic amines) is 1. The topological polar surface area (TPSA) is 70.7 Å². The Balaban J connectivity index is 1.25. The molecule has 0 spiro atoms. The van der Waals surface area contributed by atoms with Crippen molar-refractivity contribution in [2.24, 2.45) is 0 Å². The summed E-state index contributed by atoms with van der Waals surface area (Å²) in [5.74, 6) is 0.904. The third-order valence-electron chi connectivity index (χ3n) is 7.24. The molecule has 0 unspecified atom stereocenters. The third kappa shape index (κ3) is 6.22. The predicted molar refractivity (Wildman–Crippen MR) is 148 cm³/mol. The number of rotatable bonds is 8. The van der Waals surface area contributed by atoms with Gasteiger partial charge in [0.25, 0.3) is 5.91 Å². The monoisotopic (exact) mass is 517 g/mol. The van der Waals surface area contributed by atoms with Crippen molar-refractivity contribution in [3.05, 3.63) is 76.2 Å². The summed E-state index contributed by atoms with van der Waals surface area (Å²) in [6, 6.07) is 18.2. The van der Waals surface area contributed by atoms with Crippen LogP contribution in [0.1, 0.15) is 65.0 Å². The molecule has 1 atom stereocenters. The van der Waals surface area contributed by atoms with Gasteiger partial charge < -0.3 is 20.3 Å². The van der Waals surface area contributed by atoms with Crippen molar-refractivity contribution in [3.63, 3.8) is 0 Å². The molecule has 2 fully saturated rings. The van der Waals surface area contributed by atoms with Gasteiger partial charge in [-0.2, -0.15) is 0 Å². The zero-order chi connectivity index (χ0) is 25.8. The number of amides is 2. The summed E-state index contributed by atoms with van der Waals surface area (Å²) in [5, 5.41) is 6.53. The highest BCUT2D eigenvalue weighted by atomic mass is 32.1. The normalized spacial score (nSPS) is 17.1. The second-order valence-corrected chi connectivity index (χ2v) is 11.2. The van der Waals surface area contributed by atoms with Crippen LogP contribution in [-0.4, -0.2) is 42.5 Å². The molecule has 0 radical (unpaired) electrons. The van der Waals surface area contributed by atoms with Crippen molar-refractivity contribution < 1.29 is 14.3 Å². The summed E-state index contributed by atoms with van der Waals surface area (Å²) in [4.78, 5) is 29.5. The minimum Gasteiger partial charge on any atom is -0.490 e. The van der Waals surface area contributed by atoms with Gasteiger partial charge in [-0.3, -0.25) is 9.59 Å². The first-order chi connectivity index (χ1) is 18.0. The van der Waals surface area contributed by atoms with Crippen LogP contribution in [0.3, 0.4) is 0 Å². The summed E-state index contributed by atoms with van der Waals surface area (Å²) in [6.45, 7) is 7.44. The Bertz CT molecular complexity index is 1260. The van der Waals surface area contributed by atoms with E-state index in [-0.39, 0.29) is 24.0 Å². The molecule has 2 aromatic carbocycles. The molecule has 0 saturated carbocycles. The summed E-state index contributed by atoms with van der Waals surface area (Å²) in [7, 11) is 0. The summed E-state index contributed by atoms with van der Waals surface area (Å²) >= 11 is 1.72. The van der Waals surface area contributed by atoms with E-state index in [9.17, 15) is 9.59 Å². The van der Waals surface area contributed by atoms with Gasteiger partial charge in [-0.05, 0) is 93.2 Å². The molecule has 5 rings (SSSR count). The van der Waals surface area contributed by atoms with E-state index in [0.29, 0.717) is 18.5 Å². The Hall–Kier alpha value is -3.16. The van der Waals surface area contributed by atoms with Crippen molar-refractivity contribution in [2.45, 2.75) is 58.2 Å². The van der Waals surface area contributed by atoms with Crippen LogP contribution in [0.25, 0.3) is 10.4 Å². The lowest BCUT2D eigenvalue weighted by molar-refractivity contribution is -0.128. The van der Waals surface area contributed by atoms with Crippen molar-refractivity contribution in [1.82, 2.24) is 15.5 Å². The summed E-state index contributed by atoms with van der Waals surface area (Å²) < 4.78 is 6.16. The molecular formula is C30H35N3O3S. The van der Waals surface area contributed by atoms with E-state index in [0.717, 1.165) is 61.3 Å². The van der Waals surface area contributed by atoms with Crippen molar-refractivity contribution in [1.29, 1.82) is 0 Å². The number of nitrogens with zero attached hydrogens (tertiary/aromatic N) is 1. The molecule has 2 aliphatic heterocycles. The van der Waals surface area contributed by atoms with E-state index in [1.165, 1.54) is 9.75 Å². The number of aryl methyl sites for hydroxylation is 1. The van der Waals surface area contributed by atoms with E-state index in [2.05, 4.69) is 41.0 Å². The van der Waals surface area contributed by atoms with E-state index in [4.69, 9.17) is 4.74 Å². The fraction of sp³-hybridized carbons (Fsp3) is 0.400. The zero-order valence-electron chi connectivity index (χ0n) is 21.6. The SMILES string of the molecule is Cc1ccc(OC2CCNCC2)cc1C(=O)N[C@H](C)c1cccc(-c2ccc(CN3CCCC3=O)s2)c1. The van der Waals surface area contributed by atoms with Crippen LogP contribution >= 0.6 is 11.3 Å². The lowest BCUT2D eigenvalue weighted by Gasteiger charge is -2.24. The number of ether oxygens (including phenoxy) is 1. The van der Waals surface area contributed by atoms with E-state index >= 15 is 0 Å². The number of hydrogen-bond acceptors (Lipinski definition) is 5. The van der Waals surface area contributed by atoms with Gasteiger partial charge >= 0.3 is 0 Å². The van der Waals surface area contributed by atoms with Crippen LogP contribution in [0.5, 0.6) is 5.75 Å². The van der Waals surface area contributed by atoms with Gasteiger partial charge in [0.05, 0.1) is 12.6 Å². The van der Waals surface area contributed by atoms with Crippen LogP contribution in [0.2, 0.25) is 0 Å². The summed E-state index contributed by atoms with van der Waals surface area (Å²) in [6.07, 6.45) is 3.77. The van der Waals surface area contributed by atoms with E-state index in [1.807, 2.05) is 43.0 Å². The highest BCUT2D eigenvalue weighted by molar-refractivity contribution is 7.15. The fourth-order valence-electron chi connectivity index (χ4n) is 5.02. The zero-order valence-corrected chi connectivity index (χ0v) is 22.4. The number of carbonyl (C=O) groups excluding carboxylic acids is 2. The van der Waals surface area contributed by atoms with Gasteiger partial charge in [0.2, 0.25) is 5.91 Å². The molecule has 194 valence electrons. The molecule has 37 heavy (non-hydrogen) atoms. The molecule has 2 aliphatic rings. The van der Waals surface area contributed by atoms with Crippen LogP contribution in [-0.2, 0) is 11.3 Å². The number of piperidine rings is 1. The highest BCUT2D eigenvalue weighted by Crippen LogP contribution is 2.31. The maximum atomic E-state index is 13.2. The Labute approximate surface area is 223 Å². The van der Waals surface area contributed by atoms with Gasteiger partial charge in [-0.1, -0.05) is 24.3 Å². The van der Waals surface area contributed by atoms with Gasteiger partial charge in [0.15, 0.2) is 0 Å². The van der Waals surface area contributed by atoms with E-state index < -0.39 is 0 Å². The molecule has 6 nitrogen and oxygen atoms in total. The first-order valence-corrected chi connectivity index (χ1v) is 14.0. The average molecular weight is 518 g/mol. The number of benzene rings is 2. The quantitative estimate of drug-likeness (QED) is 0.416. The Kier molecular flexibility index (Phi) is 7.91. The van der Waals surface area contributed by atoms with Crippen LogP contribution in [0.4, 0.5) is 0 Å². The van der Waals surface area contributed by atoms with E-state index in [1.54, 1.807) is 11.3 Å². The van der Waals surface area contributed by atoms with Gasteiger partial charge in [0.1, 0.15) is 11.9 Å². The Morgan fingerprint density at radius 1 is 1.16 bits per heavy atom. The largest absolute Gasteiger partial charge is 0.490 e. The van der Waals surface area contributed by atoms with Crippen molar-refractivity contribution in [3.8, 4) is 16.2 Å². The minimum atomic E-state index is -0.150. The lowest BCUT2D eigenvalue weighted by atomic mass is 10.0. The smallest absolute Gasteiger partial charge is 0.252 e. The Morgan fingerprint density at radius 3 is 2.78 bits per heavy atom. The molecule has 1 aromatic heterocycles. The number of carbonyl (C=O) groups is 2. The van der Waals surface area contributed by atoms with Crippen molar-refractivity contribution in [2.75, 3.05) is 19.6 Å². The van der Waals surface area contributed by atoms with Gasteiger partial charge in [-0.25, -0.2) is 0 Å². The van der Waals surface area contributed by atoms with Gasteiger partial charge in [-0.15, -0.1) is 11.3 Å². The average Bonchev–Trinajstić information content (AvgIpc) is 3.55. The maximum Gasteiger partial charge on any atom is 0.252 e. The molecule has 3 aromatic rings. The maximum absolute atomic E-state index is 13.2.